The van der Waals surface area contributed by atoms with Gasteiger partial charge in [0.15, 0.2) is 0 Å². The van der Waals surface area contributed by atoms with E-state index < -0.39 is 0 Å². The second-order valence-electron chi connectivity index (χ2n) is 2.76. The fourth-order valence-electron chi connectivity index (χ4n) is 1.02. The Bertz CT molecular complexity index is 379. The molecule has 0 heterocycles. The molecule has 0 atom stereocenters. The standard InChI is InChI=1S/C11H10FNS/c12-11-7-9(8-13)4-5-10(11)3-1-2-6-14/h1,3-5,7,14H,2,6H2. The molecule has 0 spiro atoms. The van der Waals surface area contributed by atoms with E-state index in [1.54, 1.807) is 18.2 Å². The number of thiol groups is 1. The monoisotopic (exact) mass is 207 g/mol. The van der Waals surface area contributed by atoms with Crippen LogP contribution in [0, 0.1) is 17.1 Å². The Morgan fingerprint density at radius 2 is 2.29 bits per heavy atom. The molecule has 0 fully saturated rings. The average molecular weight is 207 g/mol. The molecule has 1 aromatic rings. The molecule has 0 aromatic heterocycles. The molecule has 72 valence electrons. The smallest absolute Gasteiger partial charge is 0.131 e. The quantitative estimate of drug-likeness (QED) is 0.757. The molecule has 0 aliphatic rings. The molecule has 0 bridgehead atoms. The molecule has 0 aliphatic carbocycles. The number of nitriles is 1. The molecule has 0 saturated heterocycles. The van der Waals surface area contributed by atoms with Gasteiger partial charge in [-0.1, -0.05) is 18.2 Å². The normalized spacial score (nSPS) is 10.4. The van der Waals surface area contributed by atoms with Crippen LogP contribution in [0.2, 0.25) is 0 Å². The van der Waals surface area contributed by atoms with Gasteiger partial charge in [0, 0.05) is 5.56 Å². The lowest BCUT2D eigenvalue weighted by atomic mass is 10.1. The molecule has 1 nitrogen and oxygen atoms in total. The molecule has 0 unspecified atom stereocenters. The SMILES string of the molecule is N#Cc1ccc(C=CCCS)c(F)c1. The summed E-state index contributed by atoms with van der Waals surface area (Å²) in [6.07, 6.45) is 4.37. The van der Waals surface area contributed by atoms with Crippen molar-refractivity contribution in [3.8, 4) is 6.07 Å². The van der Waals surface area contributed by atoms with Crippen LogP contribution in [0.15, 0.2) is 24.3 Å². The van der Waals surface area contributed by atoms with Gasteiger partial charge in [-0.25, -0.2) is 4.39 Å². The van der Waals surface area contributed by atoms with Crippen LogP contribution < -0.4 is 0 Å². The maximum atomic E-state index is 13.2. The van der Waals surface area contributed by atoms with Gasteiger partial charge < -0.3 is 0 Å². The van der Waals surface area contributed by atoms with Crippen molar-refractivity contribution in [1.29, 1.82) is 5.26 Å². The van der Waals surface area contributed by atoms with Gasteiger partial charge in [0.1, 0.15) is 5.82 Å². The van der Waals surface area contributed by atoms with Crippen molar-refractivity contribution in [2.75, 3.05) is 5.75 Å². The minimum atomic E-state index is -0.362. The zero-order valence-electron chi connectivity index (χ0n) is 7.57. The van der Waals surface area contributed by atoms with Gasteiger partial charge in [0.05, 0.1) is 11.6 Å². The van der Waals surface area contributed by atoms with Gasteiger partial charge in [-0.05, 0) is 24.3 Å². The maximum absolute atomic E-state index is 13.2. The predicted molar refractivity (Wildman–Crippen MR) is 58.6 cm³/mol. The molecule has 0 aliphatic heterocycles. The Kier molecular flexibility index (Phi) is 4.21. The summed E-state index contributed by atoms with van der Waals surface area (Å²) in [6, 6.07) is 6.32. The number of hydrogen-bond donors (Lipinski definition) is 1. The van der Waals surface area contributed by atoms with E-state index in [4.69, 9.17) is 5.26 Å². The third-order valence-electron chi connectivity index (χ3n) is 1.72. The Hall–Kier alpha value is -1.27. The van der Waals surface area contributed by atoms with E-state index in [-0.39, 0.29) is 5.82 Å². The van der Waals surface area contributed by atoms with Crippen molar-refractivity contribution in [3.63, 3.8) is 0 Å². The van der Waals surface area contributed by atoms with Gasteiger partial charge in [-0.15, -0.1) is 0 Å². The summed E-state index contributed by atoms with van der Waals surface area (Å²) in [7, 11) is 0. The van der Waals surface area contributed by atoms with Crippen molar-refractivity contribution in [2.24, 2.45) is 0 Å². The molecule has 0 amide bonds. The lowest BCUT2D eigenvalue weighted by molar-refractivity contribution is 0.624. The van der Waals surface area contributed by atoms with Gasteiger partial charge in [-0.3, -0.25) is 0 Å². The van der Waals surface area contributed by atoms with E-state index in [2.05, 4.69) is 12.6 Å². The highest BCUT2D eigenvalue weighted by atomic mass is 32.1. The van der Waals surface area contributed by atoms with Crippen LogP contribution in [0.4, 0.5) is 4.39 Å². The highest BCUT2D eigenvalue weighted by Crippen LogP contribution is 2.11. The molecule has 0 radical (unpaired) electrons. The van der Waals surface area contributed by atoms with Gasteiger partial charge in [0.2, 0.25) is 0 Å². The molecule has 3 heteroatoms. The van der Waals surface area contributed by atoms with Crippen LogP contribution in [0.3, 0.4) is 0 Å². The summed E-state index contributed by atoms with van der Waals surface area (Å²) in [6.45, 7) is 0. The topological polar surface area (TPSA) is 23.8 Å². The Morgan fingerprint density at radius 3 is 2.86 bits per heavy atom. The summed E-state index contributed by atoms with van der Waals surface area (Å²) in [4.78, 5) is 0. The zero-order chi connectivity index (χ0) is 10.4. The second-order valence-corrected chi connectivity index (χ2v) is 3.21. The van der Waals surface area contributed by atoms with Crippen molar-refractivity contribution >= 4 is 18.7 Å². The number of benzene rings is 1. The summed E-state index contributed by atoms with van der Waals surface area (Å²) < 4.78 is 13.2. The number of halogens is 1. The van der Waals surface area contributed by atoms with Crippen molar-refractivity contribution in [2.45, 2.75) is 6.42 Å². The fourth-order valence-corrected chi connectivity index (χ4v) is 1.17. The number of nitrogens with zero attached hydrogens (tertiary/aromatic N) is 1. The van der Waals surface area contributed by atoms with Crippen molar-refractivity contribution in [1.82, 2.24) is 0 Å². The summed E-state index contributed by atoms with van der Waals surface area (Å²) >= 11 is 4.04. The van der Waals surface area contributed by atoms with E-state index in [0.29, 0.717) is 11.1 Å². The highest BCUT2D eigenvalue weighted by Gasteiger charge is 1.99. The first-order chi connectivity index (χ1) is 6.77. The van der Waals surface area contributed by atoms with Crippen LogP contribution in [-0.2, 0) is 0 Å². The lowest BCUT2D eigenvalue weighted by Crippen LogP contribution is -1.83. The minimum absolute atomic E-state index is 0.342. The number of allylic oxidation sites excluding steroid dienone is 1. The van der Waals surface area contributed by atoms with Crippen LogP contribution in [0.1, 0.15) is 17.5 Å². The van der Waals surface area contributed by atoms with E-state index >= 15 is 0 Å². The van der Waals surface area contributed by atoms with Crippen LogP contribution in [0.25, 0.3) is 6.08 Å². The van der Waals surface area contributed by atoms with E-state index in [1.807, 2.05) is 12.1 Å². The minimum Gasteiger partial charge on any atom is -0.206 e. The Balaban J connectivity index is 2.85. The van der Waals surface area contributed by atoms with E-state index in [0.717, 1.165) is 12.2 Å². The lowest BCUT2D eigenvalue weighted by Gasteiger charge is -1.96. The number of hydrogen-bond acceptors (Lipinski definition) is 2. The van der Waals surface area contributed by atoms with Crippen molar-refractivity contribution in [3.05, 3.63) is 41.2 Å². The fraction of sp³-hybridized carbons (Fsp3) is 0.182. The molecule has 1 rings (SSSR count). The molecular weight excluding hydrogens is 197 g/mol. The predicted octanol–water partition coefficient (Wildman–Crippen LogP) is 3.03. The van der Waals surface area contributed by atoms with Crippen LogP contribution >= 0.6 is 12.6 Å². The molecule has 0 N–H and O–H groups in total. The van der Waals surface area contributed by atoms with Crippen LogP contribution in [-0.4, -0.2) is 5.75 Å². The van der Waals surface area contributed by atoms with Crippen molar-refractivity contribution < 1.29 is 4.39 Å². The van der Waals surface area contributed by atoms with E-state index in [9.17, 15) is 4.39 Å². The summed E-state index contributed by atoms with van der Waals surface area (Å²) in [5.74, 6) is 0.383. The average Bonchev–Trinajstić information content (AvgIpc) is 2.20. The molecular formula is C11H10FNS. The first kappa shape index (κ1) is 10.8. The summed E-state index contributed by atoms with van der Waals surface area (Å²) in [5.41, 5.74) is 0.847. The molecule has 1 aromatic carbocycles. The number of rotatable bonds is 3. The molecule has 14 heavy (non-hydrogen) atoms. The van der Waals surface area contributed by atoms with Crippen LogP contribution in [0.5, 0.6) is 0 Å². The van der Waals surface area contributed by atoms with Gasteiger partial charge in [-0.2, -0.15) is 17.9 Å². The largest absolute Gasteiger partial charge is 0.206 e. The Morgan fingerprint density at radius 1 is 1.50 bits per heavy atom. The summed E-state index contributed by atoms with van der Waals surface area (Å²) in [5, 5.41) is 8.52. The Labute approximate surface area is 88.3 Å². The van der Waals surface area contributed by atoms with Gasteiger partial charge in [0.25, 0.3) is 0 Å². The second kappa shape index (κ2) is 5.46. The third kappa shape index (κ3) is 2.90. The zero-order valence-corrected chi connectivity index (χ0v) is 8.47. The maximum Gasteiger partial charge on any atom is 0.131 e. The third-order valence-corrected chi connectivity index (χ3v) is 1.98. The van der Waals surface area contributed by atoms with Gasteiger partial charge >= 0.3 is 0 Å². The highest BCUT2D eigenvalue weighted by molar-refractivity contribution is 7.80. The first-order valence-electron chi connectivity index (χ1n) is 4.25. The first-order valence-corrected chi connectivity index (χ1v) is 4.88. The van der Waals surface area contributed by atoms with E-state index in [1.165, 1.54) is 6.07 Å². The molecule has 0 saturated carbocycles.